The first-order valence-electron chi connectivity index (χ1n) is 7.55. The third-order valence-electron chi connectivity index (χ3n) is 4.07. The van der Waals surface area contributed by atoms with Crippen LogP contribution in [0.1, 0.15) is 41.6 Å². The normalized spacial score (nSPS) is 12.3. The number of benzene rings is 2. The van der Waals surface area contributed by atoms with E-state index in [1.165, 1.54) is 22.3 Å². The van der Waals surface area contributed by atoms with Gasteiger partial charge in [0.1, 0.15) is 0 Å². The predicted octanol–water partition coefficient (Wildman–Crippen LogP) is 4.45. The minimum Gasteiger partial charge on any atom is -0.313 e. The largest absolute Gasteiger partial charge is 0.313 e. The molecule has 0 fully saturated rings. The van der Waals surface area contributed by atoms with Crippen LogP contribution in [-0.4, -0.2) is 7.05 Å². The van der Waals surface area contributed by atoms with Crippen molar-refractivity contribution in [3.05, 3.63) is 70.8 Å². The van der Waals surface area contributed by atoms with Gasteiger partial charge in [-0.25, -0.2) is 0 Å². The van der Waals surface area contributed by atoms with Gasteiger partial charge in [-0.2, -0.15) is 0 Å². The fourth-order valence-corrected chi connectivity index (χ4v) is 2.70. The van der Waals surface area contributed by atoms with E-state index < -0.39 is 0 Å². The zero-order valence-electron chi connectivity index (χ0n) is 12.8. The Kier molecular flexibility index (Phi) is 5.37. The van der Waals surface area contributed by atoms with Crippen molar-refractivity contribution in [3.63, 3.8) is 0 Å². The zero-order chi connectivity index (χ0) is 14.4. The van der Waals surface area contributed by atoms with E-state index in [1.54, 1.807) is 0 Å². The smallest absolute Gasteiger partial charge is 0.0320 e. The lowest BCUT2D eigenvalue weighted by atomic mass is 9.95. The number of nitrogens with one attached hydrogen (secondary N) is 1. The maximum atomic E-state index is 3.46. The molecule has 0 aliphatic rings. The van der Waals surface area contributed by atoms with Crippen LogP contribution in [0.4, 0.5) is 0 Å². The zero-order valence-corrected chi connectivity index (χ0v) is 12.8. The van der Waals surface area contributed by atoms with E-state index in [4.69, 9.17) is 0 Å². The van der Waals surface area contributed by atoms with E-state index in [0.717, 1.165) is 19.3 Å². The van der Waals surface area contributed by atoms with Crippen LogP contribution in [0.3, 0.4) is 0 Å². The molecule has 0 saturated heterocycles. The van der Waals surface area contributed by atoms with Crippen LogP contribution < -0.4 is 5.32 Å². The van der Waals surface area contributed by atoms with Gasteiger partial charge in [0.15, 0.2) is 0 Å². The topological polar surface area (TPSA) is 12.0 Å². The van der Waals surface area contributed by atoms with Gasteiger partial charge in [-0.05, 0) is 55.5 Å². The van der Waals surface area contributed by atoms with Crippen LogP contribution in [0.2, 0.25) is 0 Å². The van der Waals surface area contributed by atoms with Gasteiger partial charge in [0.05, 0.1) is 0 Å². The van der Waals surface area contributed by atoms with Crippen molar-refractivity contribution in [2.45, 2.75) is 39.2 Å². The van der Waals surface area contributed by atoms with Crippen molar-refractivity contribution >= 4 is 0 Å². The van der Waals surface area contributed by atoms with Crippen LogP contribution in [0, 0.1) is 6.92 Å². The molecule has 0 aliphatic carbocycles. The van der Waals surface area contributed by atoms with Crippen molar-refractivity contribution < 1.29 is 0 Å². The third-order valence-corrected chi connectivity index (χ3v) is 4.07. The standard InChI is InChI=1S/C19H25N/c1-4-16-9-7-11-18(14-16)19(20-3)13-12-17-10-6-5-8-15(17)2/h5-11,14,19-20H,4,12-13H2,1-3H3. The summed E-state index contributed by atoms with van der Waals surface area (Å²) in [6.07, 6.45) is 3.35. The molecule has 0 radical (unpaired) electrons. The molecular formula is C19H25N. The first-order valence-corrected chi connectivity index (χ1v) is 7.55. The summed E-state index contributed by atoms with van der Waals surface area (Å²) in [7, 11) is 2.06. The highest BCUT2D eigenvalue weighted by Crippen LogP contribution is 2.21. The van der Waals surface area contributed by atoms with Gasteiger partial charge < -0.3 is 5.32 Å². The van der Waals surface area contributed by atoms with E-state index in [9.17, 15) is 0 Å². The molecule has 0 spiro atoms. The van der Waals surface area contributed by atoms with Gasteiger partial charge >= 0.3 is 0 Å². The molecule has 106 valence electrons. The lowest BCUT2D eigenvalue weighted by molar-refractivity contribution is 0.548. The first-order chi connectivity index (χ1) is 9.74. The fourth-order valence-electron chi connectivity index (χ4n) is 2.70. The first kappa shape index (κ1) is 14.8. The maximum Gasteiger partial charge on any atom is 0.0320 e. The summed E-state index contributed by atoms with van der Waals surface area (Å²) in [5.74, 6) is 0. The van der Waals surface area contributed by atoms with E-state index in [1.807, 2.05) is 0 Å². The quantitative estimate of drug-likeness (QED) is 0.815. The number of hydrogen-bond acceptors (Lipinski definition) is 1. The van der Waals surface area contributed by atoms with Crippen LogP contribution >= 0.6 is 0 Å². The van der Waals surface area contributed by atoms with E-state index in [0.29, 0.717) is 6.04 Å². The van der Waals surface area contributed by atoms with Gasteiger partial charge in [0.25, 0.3) is 0 Å². The van der Waals surface area contributed by atoms with Crippen LogP contribution in [0.25, 0.3) is 0 Å². The fraction of sp³-hybridized carbons (Fsp3) is 0.368. The summed E-state index contributed by atoms with van der Waals surface area (Å²) in [6, 6.07) is 18.1. The monoisotopic (exact) mass is 267 g/mol. The molecule has 2 aromatic rings. The molecule has 20 heavy (non-hydrogen) atoms. The highest BCUT2D eigenvalue weighted by atomic mass is 14.9. The van der Waals surface area contributed by atoms with Gasteiger partial charge in [-0.1, -0.05) is 55.5 Å². The summed E-state index contributed by atoms with van der Waals surface area (Å²) < 4.78 is 0. The highest BCUT2D eigenvalue weighted by molar-refractivity contribution is 5.28. The molecule has 0 amide bonds. The molecule has 2 aromatic carbocycles. The van der Waals surface area contributed by atoms with Crippen LogP contribution in [-0.2, 0) is 12.8 Å². The Morgan fingerprint density at radius 1 is 1.05 bits per heavy atom. The minimum atomic E-state index is 0.432. The Bertz CT molecular complexity index is 545. The molecule has 1 N–H and O–H groups in total. The Morgan fingerprint density at radius 3 is 2.55 bits per heavy atom. The molecule has 1 unspecified atom stereocenters. The van der Waals surface area contributed by atoms with Gasteiger partial charge in [-0.15, -0.1) is 0 Å². The number of aryl methyl sites for hydroxylation is 3. The molecule has 0 aliphatic heterocycles. The van der Waals surface area contributed by atoms with E-state index in [2.05, 4.69) is 74.7 Å². The molecule has 1 nitrogen and oxygen atoms in total. The second kappa shape index (κ2) is 7.25. The average Bonchev–Trinajstić information content (AvgIpc) is 2.50. The SMILES string of the molecule is CCc1cccc(C(CCc2ccccc2C)NC)c1. The van der Waals surface area contributed by atoms with E-state index >= 15 is 0 Å². The van der Waals surface area contributed by atoms with Gasteiger partial charge in [0.2, 0.25) is 0 Å². The summed E-state index contributed by atoms with van der Waals surface area (Å²) in [6.45, 7) is 4.41. The van der Waals surface area contributed by atoms with E-state index in [-0.39, 0.29) is 0 Å². The molecular weight excluding hydrogens is 242 g/mol. The molecule has 0 bridgehead atoms. The molecule has 1 heteroatoms. The number of hydrogen-bond donors (Lipinski definition) is 1. The predicted molar refractivity (Wildman–Crippen MR) is 87.1 cm³/mol. The van der Waals surface area contributed by atoms with Crippen molar-refractivity contribution in [2.75, 3.05) is 7.05 Å². The molecule has 1 atom stereocenters. The molecule has 0 heterocycles. The lowest BCUT2D eigenvalue weighted by Gasteiger charge is -2.18. The highest BCUT2D eigenvalue weighted by Gasteiger charge is 2.10. The maximum absolute atomic E-state index is 3.46. The minimum absolute atomic E-state index is 0.432. The molecule has 2 rings (SSSR count). The molecule has 0 saturated carbocycles. The average molecular weight is 267 g/mol. The van der Waals surface area contributed by atoms with Crippen molar-refractivity contribution in [3.8, 4) is 0 Å². The second-order valence-corrected chi connectivity index (χ2v) is 5.41. The summed E-state index contributed by atoms with van der Waals surface area (Å²) in [4.78, 5) is 0. The third kappa shape index (κ3) is 3.71. The molecule has 0 aromatic heterocycles. The summed E-state index contributed by atoms with van der Waals surface area (Å²) in [5.41, 5.74) is 5.67. The Labute approximate surface area is 123 Å². The van der Waals surface area contributed by atoms with Gasteiger partial charge in [-0.3, -0.25) is 0 Å². The summed E-state index contributed by atoms with van der Waals surface area (Å²) >= 11 is 0. The second-order valence-electron chi connectivity index (χ2n) is 5.41. The van der Waals surface area contributed by atoms with Crippen molar-refractivity contribution in [1.29, 1.82) is 0 Å². The summed E-state index contributed by atoms with van der Waals surface area (Å²) in [5, 5.41) is 3.46. The lowest BCUT2D eigenvalue weighted by Crippen LogP contribution is -2.17. The number of rotatable bonds is 6. The van der Waals surface area contributed by atoms with Crippen LogP contribution in [0.15, 0.2) is 48.5 Å². The Morgan fingerprint density at radius 2 is 1.85 bits per heavy atom. The Balaban J connectivity index is 2.07. The van der Waals surface area contributed by atoms with Crippen molar-refractivity contribution in [1.82, 2.24) is 5.32 Å². The van der Waals surface area contributed by atoms with Crippen LogP contribution in [0.5, 0.6) is 0 Å². The van der Waals surface area contributed by atoms with Crippen molar-refractivity contribution in [2.24, 2.45) is 0 Å². The van der Waals surface area contributed by atoms with Gasteiger partial charge in [0, 0.05) is 6.04 Å². The Hall–Kier alpha value is -1.60.